The first kappa shape index (κ1) is 17.7. The van der Waals surface area contributed by atoms with E-state index in [1.165, 1.54) is 12.0 Å². The highest BCUT2D eigenvalue weighted by Gasteiger charge is 2.14. The Morgan fingerprint density at radius 1 is 1.42 bits per heavy atom. The molecule has 0 unspecified atom stereocenters. The molecule has 19 heavy (non-hydrogen) atoms. The molecule has 8 heteroatoms. The van der Waals surface area contributed by atoms with Crippen LogP contribution in [0, 0.1) is 0 Å². The van der Waals surface area contributed by atoms with Gasteiger partial charge in [-0.25, -0.2) is 8.78 Å². The molecule has 0 saturated carbocycles. The van der Waals surface area contributed by atoms with Gasteiger partial charge in [-0.15, -0.1) is 0 Å². The van der Waals surface area contributed by atoms with Crippen LogP contribution >= 0.6 is 0 Å². The first-order valence-corrected chi connectivity index (χ1v) is 5.94. The number of hydrogen-bond donors (Lipinski definition) is 2. The molecule has 112 valence electrons. The zero-order valence-corrected chi connectivity index (χ0v) is 10.9. The maximum absolute atomic E-state index is 12.2. The number of aliphatic hydroxyl groups is 1. The maximum Gasteiger partial charge on any atom is 0.305 e. The quantitative estimate of drug-likeness (QED) is 0.422. The van der Waals surface area contributed by atoms with E-state index < -0.39 is 18.9 Å². The Kier molecular flexibility index (Phi) is 9.91. The molecule has 6 nitrogen and oxygen atoms in total. The van der Waals surface area contributed by atoms with Crippen LogP contribution in [0.4, 0.5) is 8.78 Å². The maximum atomic E-state index is 12.2. The number of nitrogens with one attached hydrogen (secondary N) is 1. The van der Waals surface area contributed by atoms with Crippen molar-refractivity contribution < 1.29 is 28.2 Å². The predicted octanol–water partition coefficient (Wildman–Crippen LogP) is -0.385. The molecule has 0 atom stereocenters. The van der Waals surface area contributed by atoms with E-state index >= 15 is 0 Å². The molecule has 0 rings (SSSR count). The van der Waals surface area contributed by atoms with Crippen LogP contribution in [-0.4, -0.2) is 68.2 Å². The highest BCUT2D eigenvalue weighted by Crippen LogP contribution is 1.97. The first-order chi connectivity index (χ1) is 8.99. The molecule has 1 amide bonds. The molecular formula is C11H20F2N2O4. The molecule has 0 radical (unpaired) electrons. The number of amides is 1. The van der Waals surface area contributed by atoms with Gasteiger partial charge in [0, 0.05) is 19.5 Å². The lowest BCUT2D eigenvalue weighted by Gasteiger charge is -2.19. The molecule has 0 aromatic carbocycles. The molecule has 0 aromatic rings. The van der Waals surface area contributed by atoms with E-state index in [9.17, 15) is 18.4 Å². The third-order valence-electron chi connectivity index (χ3n) is 2.29. The zero-order chi connectivity index (χ0) is 14.7. The predicted molar refractivity (Wildman–Crippen MR) is 63.8 cm³/mol. The lowest BCUT2D eigenvalue weighted by Crippen LogP contribution is -2.41. The van der Waals surface area contributed by atoms with Crippen LogP contribution < -0.4 is 5.32 Å². The monoisotopic (exact) mass is 282 g/mol. The van der Waals surface area contributed by atoms with Crippen molar-refractivity contribution in [1.82, 2.24) is 10.2 Å². The van der Waals surface area contributed by atoms with Crippen molar-refractivity contribution in [3.63, 3.8) is 0 Å². The summed E-state index contributed by atoms with van der Waals surface area (Å²) in [5.74, 6) is -0.784. The summed E-state index contributed by atoms with van der Waals surface area (Å²) in [7, 11) is 1.28. The first-order valence-electron chi connectivity index (χ1n) is 5.94. The molecule has 0 aliphatic carbocycles. The third kappa shape index (κ3) is 10.3. The number of aliphatic hydroxyl groups excluding tert-OH is 1. The number of nitrogens with zero attached hydrogens (tertiary/aromatic N) is 1. The SMILES string of the molecule is COC(=O)CCCNC(=O)CN(CCO)CC(F)F. The summed E-state index contributed by atoms with van der Waals surface area (Å²) < 4.78 is 28.8. The summed E-state index contributed by atoms with van der Waals surface area (Å²) in [6.07, 6.45) is -1.94. The van der Waals surface area contributed by atoms with Crippen molar-refractivity contribution in [2.24, 2.45) is 0 Å². The number of carbonyl (C=O) groups excluding carboxylic acids is 2. The minimum absolute atomic E-state index is 0.0138. The summed E-state index contributed by atoms with van der Waals surface area (Å²) in [5.41, 5.74) is 0. The molecule has 0 spiro atoms. The Hall–Kier alpha value is -1.28. The Balaban J connectivity index is 3.83. The minimum atomic E-state index is -2.56. The molecule has 0 fully saturated rings. The van der Waals surface area contributed by atoms with E-state index in [0.29, 0.717) is 6.42 Å². The van der Waals surface area contributed by atoms with Gasteiger partial charge in [0.2, 0.25) is 5.91 Å². The fraction of sp³-hybridized carbons (Fsp3) is 0.818. The normalized spacial score (nSPS) is 10.8. The average Bonchev–Trinajstić information content (AvgIpc) is 2.33. The van der Waals surface area contributed by atoms with Crippen molar-refractivity contribution in [2.75, 3.05) is 39.9 Å². The highest BCUT2D eigenvalue weighted by molar-refractivity contribution is 5.78. The van der Waals surface area contributed by atoms with E-state index in [1.54, 1.807) is 0 Å². The lowest BCUT2D eigenvalue weighted by molar-refractivity contribution is -0.140. The lowest BCUT2D eigenvalue weighted by atomic mass is 10.3. The number of ether oxygens (including phenoxy) is 1. The summed E-state index contributed by atoms with van der Waals surface area (Å²) in [6.45, 7) is -0.767. The van der Waals surface area contributed by atoms with Gasteiger partial charge in [0.15, 0.2) is 0 Å². The fourth-order valence-corrected chi connectivity index (χ4v) is 1.39. The Morgan fingerprint density at radius 3 is 2.63 bits per heavy atom. The van der Waals surface area contributed by atoms with Gasteiger partial charge in [-0.2, -0.15) is 0 Å². The van der Waals surface area contributed by atoms with Crippen molar-refractivity contribution >= 4 is 11.9 Å². The highest BCUT2D eigenvalue weighted by atomic mass is 19.3. The molecule has 0 aliphatic heterocycles. The van der Waals surface area contributed by atoms with Crippen LogP contribution in [0.2, 0.25) is 0 Å². The van der Waals surface area contributed by atoms with Crippen LogP contribution in [0.1, 0.15) is 12.8 Å². The van der Waals surface area contributed by atoms with Gasteiger partial charge >= 0.3 is 5.97 Å². The summed E-state index contributed by atoms with van der Waals surface area (Å²) in [5, 5.41) is 11.2. The van der Waals surface area contributed by atoms with E-state index in [-0.39, 0.29) is 38.6 Å². The van der Waals surface area contributed by atoms with Gasteiger partial charge in [0.25, 0.3) is 6.43 Å². The van der Waals surface area contributed by atoms with Crippen molar-refractivity contribution in [1.29, 1.82) is 0 Å². The van der Waals surface area contributed by atoms with Gasteiger partial charge in [-0.3, -0.25) is 14.5 Å². The molecule has 0 aromatic heterocycles. The smallest absolute Gasteiger partial charge is 0.305 e. The molecule has 0 saturated heterocycles. The van der Waals surface area contributed by atoms with E-state index in [2.05, 4.69) is 10.1 Å². The van der Waals surface area contributed by atoms with Crippen LogP contribution in [0.3, 0.4) is 0 Å². The van der Waals surface area contributed by atoms with Gasteiger partial charge in [0.05, 0.1) is 26.8 Å². The second-order valence-electron chi connectivity index (χ2n) is 3.88. The van der Waals surface area contributed by atoms with E-state index in [1.807, 2.05) is 0 Å². The Bertz CT molecular complexity index is 277. The number of esters is 1. The van der Waals surface area contributed by atoms with Crippen LogP contribution in [-0.2, 0) is 14.3 Å². The summed E-state index contributed by atoms with van der Waals surface area (Å²) in [4.78, 5) is 23.4. The number of rotatable bonds is 10. The minimum Gasteiger partial charge on any atom is -0.469 e. The number of carbonyl (C=O) groups is 2. The molecule has 2 N–H and O–H groups in total. The fourth-order valence-electron chi connectivity index (χ4n) is 1.39. The van der Waals surface area contributed by atoms with Crippen LogP contribution in [0.25, 0.3) is 0 Å². The average molecular weight is 282 g/mol. The summed E-state index contributed by atoms with van der Waals surface area (Å²) in [6, 6.07) is 0. The van der Waals surface area contributed by atoms with E-state index in [4.69, 9.17) is 5.11 Å². The molecule has 0 aliphatic rings. The largest absolute Gasteiger partial charge is 0.469 e. The second-order valence-corrected chi connectivity index (χ2v) is 3.88. The number of halogens is 2. The topological polar surface area (TPSA) is 78.9 Å². The molecule has 0 heterocycles. The van der Waals surface area contributed by atoms with Crippen molar-refractivity contribution in [2.45, 2.75) is 19.3 Å². The van der Waals surface area contributed by atoms with Crippen molar-refractivity contribution in [3.05, 3.63) is 0 Å². The van der Waals surface area contributed by atoms with Gasteiger partial charge in [-0.1, -0.05) is 0 Å². The van der Waals surface area contributed by atoms with Crippen LogP contribution in [0.15, 0.2) is 0 Å². The number of methoxy groups -OCH3 is 1. The number of alkyl halides is 2. The molecular weight excluding hydrogens is 262 g/mol. The second kappa shape index (κ2) is 10.6. The number of hydrogen-bond acceptors (Lipinski definition) is 5. The van der Waals surface area contributed by atoms with Crippen LogP contribution in [0.5, 0.6) is 0 Å². The third-order valence-corrected chi connectivity index (χ3v) is 2.29. The summed E-state index contributed by atoms with van der Waals surface area (Å²) >= 11 is 0. The van der Waals surface area contributed by atoms with Gasteiger partial charge in [-0.05, 0) is 6.42 Å². The Morgan fingerprint density at radius 2 is 2.11 bits per heavy atom. The van der Waals surface area contributed by atoms with Gasteiger partial charge < -0.3 is 15.2 Å². The van der Waals surface area contributed by atoms with Gasteiger partial charge in [0.1, 0.15) is 0 Å². The van der Waals surface area contributed by atoms with Crippen molar-refractivity contribution in [3.8, 4) is 0 Å². The molecule has 0 bridgehead atoms. The zero-order valence-electron chi connectivity index (χ0n) is 10.9. The van der Waals surface area contributed by atoms with E-state index in [0.717, 1.165) is 0 Å². The standard InChI is InChI=1S/C11H20F2N2O4/c1-19-11(18)3-2-4-14-10(17)8-15(5-6-16)7-9(12)13/h9,16H,2-8H2,1H3,(H,14,17). The Labute approximate surface area is 110 Å².